The highest BCUT2D eigenvalue weighted by Crippen LogP contribution is 2.21. The molecule has 1 aliphatic heterocycles. The van der Waals surface area contributed by atoms with Crippen molar-refractivity contribution in [3.05, 3.63) is 35.8 Å². The van der Waals surface area contributed by atoms with Crippen LogP contribution < -0.4 is 0 Å². The quantitative estimate of drug-likeness (QED) is 0.857. The summed E-state index contributed by atoms with van der Waals surface area (Å²) in [6.45, 7) is 1.98. The van der Waals surface area contributed by atoms with Gasteiger partial charge in [0.25, 0.3) is 5.91 Å². The topological polar surface area (TPSA) is 93.7 Å². The number of aromatic nitrogens is 1. The Kier molecular flexibility index (Phi) is 5.43. The Labute approximate surface area is 155 Å². The van der Waals surface area contributed by atoms with Crippen LogP contribution in [0.1, 0.15) is 36.7 Å². The van der Waals surface area contributed by atoms with E-state index in [0.29, 0.717) is 48.9 Å². The van der Waals surface area contributed by atoms with Gasteiger partial charge in [-0.15, -0.1) is 0 Å². The number of hydrogen-bond donors (Lipinski definition) is 2. The number of aliphatic carboxylic acids is 1. The second-order valence-electron chi connectivity index (χ2n) is 6.83. The molecule has 0 aliphatic carbocycles. The van der Waals surface area contributed by atoms with E-state index < -0.39 is 5.97 Å². The van der Waals surface area contributed by atoms with Crippen molar-refractivity contribution >= 4 is 28.7 Å². The van der Waals surface area contributed by atoms with Gasteiger partial charge >= 0.3 is 5.97 Å². The Morgan fingerprint density at radius 3 is 2.74 bits per heavy atom. The van der Waals surface area contributed by atoms with Crippen LogP contribution in [0.2, 0.25) is 0 Å². The molecule has 1 aromatic carbocycles. The molecule has 1 aliphatic rings. The number of fused-ring (bicyclic) bond motifs is 1. The molecule has 144 valence electrons. The van der Waals surface area contributed by atoms with Gasteiger partial charge in [0, 0.05) is 37.0 Å². The maximum Gasteiger partial charge on any atom is 0.323 e. The minimum atomic E-state index is -1.05. The highest BCUT2D eigenvalue weighted by molar-refractivity contribution is 5.98. The third kappa shape index (κ3) is 4.27. The lowest BCUT2D eigenvalue weighted by Crippen LogP contribution is -2.43. The van der Waals surface area contributed by atoms with E-state index in [2.05, 4.69) is 4.98 Å². The van der Waals surface area contributed by atoms with Crippen molar-refractivity contribution in [2.75, 3.05) is 19.6 Å². The van der Waals surface area contributed by atoms with Crippen molar-refractivity contribution in [3.63, 3.8) is 0 Å². The van der Waals surface area contributed by atoms with Crippen LogP contribution in [0, 0.1) is 5.82 Å². The summed E-state index contributed by atoms with van der Waals surface area (Å²) in [6.07, 6.45) is 1.84. The summed E-state index contributed by atoms with van der Waals surface area (Å²) in [5.41, 5.74) is 1.08. The zero-order chi connectivity index (χ0) is 19.6. The van der Waals surface area contributed by atoms with Gasteiger partial charge in [0.15, 0.2) is 0 Å². The van der Waals surface area contributed by atoms with Crippen molar-refractivity contribution in [3.8, 4) is 0 Å². The maximum atomic E-state index is 13.3. The van der Waals surface area contributed by atoms with Gasteiger partial charge in [-0.25, -0.2) is 4.39 Å². The number of nitrogens with zero attached hydrogens (tertiary/aromatic N) is 2. The largest absolute Gasteiger partial charge is 0.480 e. The van der Waals surface area contributed by atoms with Gasteiger partial charge in [-0.05, 0) is 43.5 Å². The number of carboxylic acids is 1. The van der Waals surface area contributed by atoms with Crippen molar-refractivity contribution in [1.82, 2.24) is 14.8 Å². The molecule has 2 heterocycles. The summed E-state index contributed by atoms with van der Waals surface area (Å²) in [7, 11) is 0. The maximum absolute atomic E-state index is 13.3. The Balaban J connectivity index is 1.71. The minimum Gasteiger partial charge on any atom is -0.480 e. The molecule has 2 N–H and O–H groups in total. The average molecular weight is 375 g/mol. The fraction of sp³-hybridized carbons (Fsp3) is 0.421. The van der Waals surface area contributed by atoms with Crippen molar-refractivity contribution in [2.24, 2.45) is 0 Å². The third-order valence-corrected chi connectivity index (χ3v) is 4.95. The first kappa shape index (κ1) is 18.9. The predicted molar refractivity (Wildman–Crippen MR) is 96.8 cm³/mol. The van der Waals surface area contributed by atoms with E-state index >= 15 is 0 Å². The number of rotatable bonds is 4. The van der Waals surface area contributed by atoms with Gasteiger partial charge in [0.1, 0.15) is 18.1 Å². The highest BCUT2D eigenvalue weighted by atomic mass is 19.1. The van der Waals surface area contributed by atoms with Gasteiger partial charge in [-0.2, -0.15) is 0 Å². The average Bonchev–Trinajstić information content (AvgIpc) is 2.87. The lowest BCUT2D eigenvalue weighted by atomic mass is 10.1. The van der Waals surface area contributed by atoms with E-state index in [1.54, 1.807) is 17.0 Å². The van der Waals surface area contributed by atoms with E-state index in [4.69, 9.17) is 5.11 Å². The second kappa shape index (κ2) is 7.77. The number of nitrogens with one attached hydrogen (secondary N) is 1. The van der Waals surface area contributed by atoms with Gasteiger partial charge in [-0.1, -0.05) is 0 Å². The summed E-state index contributed by atoms with van der Waals surface area (Å²) in [4.78, 5) is 41.7. The monoisotopic (exact) mass is 375 g/mol. The van der Waals surface area contributed by atoms with Crippen LogP contribution in [-0.4, -0.2) is 63.4 Å². The first-order valence-electron chi connectivity index (χ1n) is 8.91. The number of H-pyrrole nitrogens is 1. The third-order valence-electron chi connectivity index (χ3n) is 4.95. The summed E-state index contributed by atoms with van der Waals surface area (Å²) in [5.74, 6) is -1.87. The van der Waals surface area contributed by atoms with E-state index in [1.165, 1.54) is 24.0 Å². The van der Waals surface area contributed by atoms with Gasteiger partial charge < -0.3 is 19.9 Å². The molecular weight excluding hydrogens is 353 g/mol. The van der Waals surface area contributed by atoms with Crippen molar-refractivity contribution < 1.29 is 23.9 Å². The zero-order valence-corrected chi connectivity index (χ0v) is 15.1. The number of carboxylic acid groups (broad SMARTS) is 1. The standard InChI is InChI=1S/C19H22FN3O4/c1-12(24)23(11-18(25)26)15-3-2-7-22(8-6-15)19(27)17-10-13-9-14(20)4-5-16(13)21-17/h4-5,9-10,15,21H,2-3,6-8,11H2,1H3,(H,25,26). The Hall–Kier alpha value is -2.90. The SMILES string of the molecule is CC(=O)N(CC(=O)O)C1CCCN(C(=O)c2cc3cc(F)ccc3[nH]2)CC1. The van der Waals surface area contributed by atoms with E-state index in [9.17, 15) is 18.8 Å². The van der Waals surface area contributed by atoms with Gasteiger partial charge in [0.2, 0.25) is 5.91 Å². The number of halogens is 1. The molecule has 1 fully saturated rings. The van der Waals surface area contributed by atoms with Gasteiger partial charge in [0.05, 0.1) is 0 Å². The molecule has 1 atom stereocenters. The first-order chi connectivity index (χ1) is 12.8. The molecule has 2 amide bonds. The van der Waals surface area contributed by atoms with Gasteiger partial charge in [-0.3, -0.25) is 14.4 Å². The molecule has 27 heavy (non-hydrogen) atoms. The fourth-order valence-corrected chi connectivity index (χ4v) is 3.63. The summed E-state index contributed by atoms with van der Waals surface area (Å²) in [5, 5.41) is 9.66. The molecule has 2 aromatic rings. The normalized spacial score (nSPS) is 17.6. The van der Waals surface area contributed by atoms with Crippen LogP contribution >= 0.6 is 0 Å². The minimum absolute atomic E-state index is 0.181. The molecule has 3 rings (SSSR count). The first-order valence-corrected chi connectivity index (χ1v) is 8.91. The molecule has 0 bridgehead atoms. The van der Waals surface area contributed by atoms with Crippen LogP contribution in [0.3, 0.4) is 0 Å². The molecule has 1 aromatic heterocycles. The van der Waals surface area contributed by atoms with E-state index in [1.807, 2.05) is 0 Å². The Morgan fingerprint density at radius 1 is 1.26 bits per heavy atom. The summed E-state index contributed by atoms with van der Waals surface area (Å²) < 4.78 is 13.3. The lowest BCUT2D eigenvalue weighted by molar-refractivity contribution is -0.145. The van der Waals surface area contributed by atoms with Crippen LogP contribution in [0.25, 0.3) is 10.9 Å². The second-order valence-corrected chi connectivity index (χ2v) is 6.83. The Morgan fingerprint density at radius 2 is 2.04 bits per heavy atom. The Bertz CT molecular complexity index is 879. The van der Waals surface area contributed by atoms with Crippen LogP contribution in [0.15, 0.2) is 24.3 Å². The molecule has 1 unspecified atom stereocenters. The van der Waals surface area contributed by atoms with Crippen LogP contribution in [0.4, 0.5) is 4.39 Å². The summed E-state index contributed by atoms with van der Waals surface area (Å²) >= 11 is 0. The van der Waals surface area contributed by atoms with Crippen LogP contribution in [0.5, 0.6) is 0 Å². The molecule has 0 radical (unpaired) electrons. The molecular formula is C19H22FN3O4. The van der Waals surface area contributed by atoms with Crippen LogP contribution in [-0.2, 0) is 9.59 Å². The number of amides is 2. The molecule has 8 heteroatoms. The lowest BCUT2D eigenvalue weighted by Gasteiger charge is -2.28. The summed E-state index contributed by atoms with van der Waals surface area (Å²) in [6, 6.07) is 5.74. The number of carbonyl (C=O) groups is 3. The molecule has 0 saturated carbocycles. The number of benzene rings is 1. The van der Waals surface area contributed by atoms with E-state index in [-0.39, 0.29) is 30.2 Å². The van der Waals surface area contributed by atoms with Crippen molar-refractivity contribution in [1.29, 1.82) is 0 Å². The zero-order valence-electron chi connectivity index (χ0n) is 15.1. The molecule has 1 saturated heterocycles. The number of aromatic amines is 1. The number of carbonyl (C=O) groups excluding carboxylic acids is 2. The smallest absolute Gasteiger partial charge is 0.323 e. The molecule has 7 nitrogen and oxygen atoms in total. The van der Waals surface area contributed by atoms with Crippen molar-refractivity contribution in [2.45, 2.75) is 32.2 Å². The number of likely N-dealkylation sites (tertiary alicyclic amines) is 1. The van der Waals surface area contributed by atoms with E-state index in [0.717, 1.165) is 0 Å². The highest BCUT2D eigenvalue weighted by Gasteiger charge is 2.28. The number of hydrogen-bond acceptors (Lipinski definition) is 3. The predicted octanol–water partition coefficient (Wildman–Crippen LogP) is 2.23. The molecule has 0 spiro atoms. The fourth-order valence-electron chi connectivity index (χ4n) is 3.63.